The van der Waals surface area contributed by atoms with Crippen LogP contribution in [0.15, 0.2) is 29.6 Å². The number of halogens is 5. The van der Waals surface area contributed by atoms with Gasteiger partial charge in [0.1, 0.15) is 41.0 Å². The predicted octanol–water partition coefficient (Wildman–Crippen LogP) is 7.06. The highest BCUT2D eigenvalue weighted by molar-refractivity contribution is 7.88. The van der Waals surface area contributed by atoms with Crippen molar-refractivity contribution in [2.24, 2.45) is 0 Å². The normalized spacial score (nSPS) is 17.0. The van der Waals surface area contributed by atoms with E-state index in [1.54, 1.807) is 39.3 Å². The van der Waals surface area contributed by atoms with Gasteiger partial charge in [-0.3, -0.25) is 9.58 Å². The summed E-state index contributed by atoms with van der Waals surface area (Å²) in [7, 11) is -4.79. The Labute approximate surface area is 276 Å². The third kappa shape index (κ3) is 6.78. The summed E-state index contributed by atoms with van der Waals surface area (Å²) in [5.41, 5.74) is -6.80. The molecule has 0 radical (unpaired) electrons. The van der Waals surface area contributed by atoms with Crippen molar-refractivity contribution >= 4 is 37.6 Å². The molecule has 4 aromatic rings. The number of hydrogen-bond donors (Lipinski definition) is 0. The molecule has 1 aliphatic rings. The number of aromatic nitrogens is 3. The monoisotopic (exact) mass is 718 g/mol. The van der Waals surface area contributed by atoms with Crippen molar-refractivity contribution in [1.82, 2.24) is 19.7 Å². The second-order valence-corrected chi connectivity index (χ2v) is 14.4. The van der Waals surface area contributed by atoms with Gasteiger partial charge in [0.15, 0.2) is 0 Å². The second-order valence-electron chi connectivity index (χ2n) is 11.9. The van der Waals surface area contributed by atoms with Gasteiger partial charge in [0.25, 0.3) is 0 Å². The van der Waals surface area contributed by atoms with E-state index >= 15 is 4.39 Å². The zero-order valence-electron chi connectivity index (χ0n) is 26.5. The first kappa shape index (κ1) is 35.3. The number of ether oxygens (including phenoxy) is 3. The van der Waals surface area contributed by atoms with Crippen LogP contribution in [0, 0.1) is 11.6 Å². The van der Waals surface area contributed by atoms with Gasteiger partial charge in [0, 0.05) is 24.8 Å². The van der Waals surface area contributed by atoms with Crippen molar-refractivity contribution < 1.29 is 53.6 Å². The van der Waals surface area contributed by atoms with Crippen molar-refractivity contribution in [3.8, 4) is 34.1 Å². The van der Waals surface area contributed by atoms with Crippen LogP contribution in [-0.4, -0.2) is 71.7 Å². The molecule has 1 aliphatic heterocycles. The zero-order chi connectivity index (χ0) is 35.3. The fourth-order valence-electron chi connectivity index (χ4n) is 5.31. The molecule has 18 heteroatoms. The van der Waals surface area contributed by atoms with Crippen molar-refractivity contribution in [2.45, 2.75) is 64.4 Å². The lowest BCUT2D eigenvalue weighted by Gasteiger charge is -2.39. The number of hydrogen-bond acceptors (Lipinski definition) is 10. The van der Waals surface area contributed by atoms with Crippen LogP contribution in [0.1, 0.15) is 46.4 Å². The molecule has 0 unspecified atom stereocenters. The number of carbonyl (C=O) groups is 1. The Morgan fingerprint density at radius 1 is 1.08 bits per heavy atom. The molecule has 4 heterocycles. The maximum absolute atomic E-state index is 15.8. The topological polar surface area (TPSA) is 122 Å². The maximum atomic E-state index is 15.8. The number of thiophene rings is 1. The SMILES string of the molecule is COCCOc1cc(F)cc(F)c1-c1c(-c2cc3n(n2)C[C@@H](C)N(C(=O)OC(C)(C)C)[C@H]3C)nc(OS(=O)(=O)C(F)(F)F)c2ccsc12. The van der Waals surface area contributed by atoms with Gasteiger partial charge in [0.2, 0.25) is 5.88 Å². The van der Waals surface area contributed by atoms with Gasteiger partial charge in [-0.1, -0.05) is 0 Å². The number of nitrogens with zero attached hydrogens (tertiary/aromatic N) is 4. The lowest BCUT2D eigenvalue weighted by Crippen LogP contribution is -2.48. The maximum Gasteiger partial charge on any atom is 0.534 e. The minimum atomic E-state index is -6.19. The third-order valence-electron chi connectivity index (χ3n) is 7.27. The van der Waals surface area contributed by atoms with Crippen LogP contribution in [0.3, 0.4) is 0 Å². The van der Waals surface area contributed by atoms with E-state index in [1.165, 1.54) is 29.5 Å². The molecule has 0 saturated heterocycles. The van der Waals surface area contributed by atoms with Crippen molar-refractivity contribution in [3.63, 3.8) is 0 Å². The highest BCUT2D eigenvalue weighted by Crippen LogP contribution is 2.48. The zero-order valence-corrected chi connectivity index (χ0v) is 28.1. The van der Waals surface area contributed by atoms with Crippen LogP contribution in [0.4, 0.5) is 26.7 Å². The number of amides is 1. The molecule has 0 fully saturated rings. The molecule has 0 N–H and O–H groups in total. The minimum absolute atomic E-state index is 0.0267. The molecule has 0 saturated carbocycles. The van der Waals surface area contributed by atoms with Crippen LogP contribution >= 0.6 is 11.3 Å². The number of benzene rings is 1. The largest absolute Gasteiger partial charge is 0.534 e. The van der Waals surface area contributed by atoms with Crippen molar-refractivity contribution in [3.05, 3.63) is 47.0 Å². The van der Waals surface area contributed by atoms with E-state index in [-0.39, 0.29) is 58.1 Å². The molecule has 0 bridgehead atoms. The van der Waals surface area contributed by atoms with Gasteiger partial charge in [-0.05, 0) is 52.1 Å². The van der Waals surface area contributed by atoms with Gasteiger partial charge in [-0.25, -0.2) is 18.6 Å². The first-order chi connectivity index (χ1) is 22.3. The van der Waals surface area contributed by atoms with Crippen molar-refractivity contribution in [1.29, 1.82) is 0 Å². The summed E-state index contributed by atoms with van der Waals surface area (Å²) in [6, 6.07) is 3.23. The second kappa shape index (κ2) is 12.8. The highest BCUT2D eigenvalue weighted by atomic mass is 32.2. The van der Waals surface area contributed by atoms with E-state index < -0.39 is 56.9 Å². The molecule has 1 amide bonds. The van der Waals surface area contributed by atoms with Gasteiger partial charge in [-0.15, -0.1) is 11.3 Å². The Balaban J connectivity index is 1.76. The van der Waals surface area contributed by atoms with E-state index in [0.29, 0.717) is 11.8 Å². The fraction of sp³-hybridized carbons (Fsp3) is 0.433. The average molecular weight is 719 g/mol. The molecular weight excluding hydrogens is 687 g/mol. The Bertz CT molecular complexity index is 1970. The van der Waals surface area contributed by atoms with Crippen LogP contribution in [-0.2, 0) is 26.1 Å². The summed E-state index contributed by atoms with van der Waals surface area (Å²) in [5.74, 6) is -3.28. The molecule has 5 rings (SSSR count). The molecule has 260 valence electrons. The Kier molecular flexibility index (Phi) is 9.39. The molecule has 2 atom stereocenters. The Morgan fingerprint density at radius 2 is 1.79 bits per heavy atom. The quantitative estimate of drug-likeness (QED) is 0.0816. The first-order valence-electron chi connectivity index (χ1n) is 14.5. The third-order valence-corrected chi connectivity index (χ3v) is 9.15. The summed E-state index contributed by atoms with van der Waals surface area (Å²) in [6.45, 7) is 8.76. The van der Waals surface area contributed by atoms with Gasteiger partial charge >= 0.3 is 21.7 Å². The van der Waals surface area contributed by atoms with E-state index in [1.807, 2.05) is 0 Å². The van der Waals surface area contributed by atoms with Gasteiger partial charge in [-0.2, -0.15) is 26.7 Å². The predicted molar refractivity (Wildman–Crippen MR) is 165 cm³/mol. The fourth-order valence-corrected chi connectivity index (χ4v) is 6.68. The number of carbonyl (C=O) groups excluding carboxylic acids is 1. The number of alkyl halides is 3. The molecule has 1 aromatic carbocycles. The van der Waals surface area contributed by atoms with E-state index in [4.69, 9.17) is 14.2 Å². The van der Waals surface area contributed by atoms with Gasteiger partial charge in [0.05, 0.1) is 46.6 Å². The molecule has 11 nitrogen and oxygen atoms in total. The minimum Gasteiger partial charge on any atom is -0.490 e. The standard InChI is InChI=1S/C30H31F5N4O7S2/c1-15-14-38-21(16(2)39(15)28(40)45-29(3,4)5)13-20(37-38)25-24(23-19(32)11-17(31)12-22(23)44-9-8-43-6)26-18(7-10-47-26)27(36-25)46-48(41,42)30(33,34)35/h7,10-13,15-16H,8-9,14H2,1-6H3/t15-,16+/m1/s1. The number of methoxy groups -OCH3 is 1. The van der Waals surface area contributed by atoms with E-state index in [0.717, 1.165) is 17.4 Å². The van der Waals surface area contributed by atoms with E-state index in [2.05, 4.69) is 14.3 Å². The average Bonchev–Trinajstić information content (AvgIpc) is 3.60. The van der Waals surface area contributed by atoms with Crippen LogP contribution in [0.5, 0.6) is 11.6 Å². The number of pyridine rings is 1. The molecule has 48 heavy (non-hydrogen) atoms. The Morgan fingerprint density at radius 3 is 2.44 bits per heavy atom. The van der Waals surface area contributed by atoms with Gasteiger partial charge < -0.3 is 18.4 Å². The molecule has 0 spiro atoms. The summed E-state index contributed by atoms with van der Waals surface area (Å²) in [6.07, 6.45) is -0.588. The molecule has 0 aliphatic carbocycles. The van der Waals surface area contributed by atoms with Crippen LogP contribution < -0.4 is 8.92 Å². The number of rotatable bonds is 8. The first-order valence-corrected chi connectivity index (χ1v) is 16.7. The lowest BCUT2D eigenvalue weighted by atomic mass is 9.98. The summed E-state index contributed by atoms with van der Waals surface area (Å²) >= 11 is 0.920. The lowest BCUT2D eigenvalue weighted by molar-refractivity contribution is -0.0500. The molecular formula is C30H31F5N4O7S2. The van der Waals surface area contributed by atoms with Crippen LogP contribution in [0.2, 0.25) is 0 Å². The van der Waals surface area contributed by atoms with Crippen molar-refractivity contribution in [2.75, 3.05) is 20.3 Å². The summed E-state index contributed by atoms with van der Waals surface area (Å²) in [4.78, 5) is 18.9. The summed E-state index contributed by atoms with van der Waals surface area (Å²) in [5, 5.41) is 5.82. The number of fused-ring (bicyclic) bond motifs is 2. The van der Waals surface area contributed by atoms with E-state index in [9.17, 15) is 30.8 Å². The van der Waals surface area contributed by atoms with Crippen LogP contribution in [0.25, 0.3) is 32.6 Å². The summed E-state index contributed by atoms with van der Waals surface area (Å²) < 4.78 is 117. The highest BCUT2D eigenvalue weighted by Gasteiger charge is 2.49. The molecule has 3 aromatic heterocycles. The smallest absolute Gasteiger partial charge is 0.490 e. The Hall–Kier alpha value is -4.03.